The molecule has 192 valence electrons. The normalized spacial score (nSPS) is 16.0. The lowest BCUT2D eigenvalue weighted by molar-refractivity contribution is -0.236. The molecule has 12 heteroatoms. The van der Waals surface area contributed by atoms with Crippen molar-refractivity contribution in [3.8, 4) is 0 Å². The van der Waals surface area contributed by atoms with Crippen molar-refractivity contribution < 1.29 is 49.5 Å². The minimum Gasteiger partial charge on any atom is -0.459 e. The van der Waals surface area contributed by atoms with Gasteiger partial charge < -0.3 is 35.6 Å². The van der Waals surface area contributed by atoms with E-state index >= 15 is 0 Å². The molecule has 0 bridgehead atoms. The molecule has 0 aliphatic rings. The Kier molecular flexibility index (Phi) is 12.1. The fraction of sp³-hybridized carbons (Fsp3) is 0.591. The van der Waals surface area contributed by atoms with Crippen molar-refractivity contribution in [3.63, 3.8) is 0 Å². The van der Waals surface area contributed by atoms with Crippen molar-refractivity contribution in [2.45, 2.75) is 69.9 Å². The van der Waals surface area contributed by atoms with Gasteiger partial charge in [-0.15, -0.1) is 0 Å². The van der Waals surface area contributed by atoms with Crippen LogP contribution in [0, 0.1) is 0 Å². The van der Waals surface area contributed by atoms with Crippen LogP contribution >= 0.6 is 0 Å². The Labute approximate surface area is 197 Å². The SMILES string of the molecule is CC(C)(C)ON(C=O)C(CC(=O)NCC(O)C(O)C(O)C(O)CO)C(=O)OCc1ccccc1. The molecule has 0 aromatic heterocycles. The highest BCUT2D eigenvalue weighted by molar-refractivity contribution is 5.86. The van der Waals surface area contributed by atoms with Gasteiger partial charge in [-0.3, -0.25) is 14.4 Å². The molecule has 0 saturated carbocycles. The third-order valence-corrected chi connectivity index (χ3v) is 4.50. The number of benzene rings is 1. The summed E-state index contributed by atoms with van der Waals surface area (Å²) >= 11 is 0. The maximum absolute atomic E-state index is 12.7. The van der Waals surface area contributed by atoms with Crippen LogP contribution in [0.3, 0.4) is 0 Å². The largest absolute Gasteiger partial charge is 0.459 e. The van der Waals surface area contributed by atoms with Crippen molar-refractivity contribution in [2.24, 2.45) is 0 Å². The smallest absolute Gasteiger partial charge is 0.332 e. The van der Waals surface area contributed by atoms with E-state index in [1.54, 1.807) is 51.1 Å². The Hall–Kier alpha value is -2.61. The minimum absolute atomic E-state index is 0.101. The number of esters is 1. The number of nitrogens with one attached hydrogen (secondary N) is 1. The number of nitrogens with zero attached hydrogens (tertiary/aromatic N) is 1. The molecule has 5 atom stereocenters. The summed E-state index contributed by atoms with van der Waals surface area (Å²) in [4.78, 5) is 42.3. The van der Waals surface area contributed by atoms with E-state index in [9.17, 15) is 34.8 Å². The van der Waals surface area contributed by atoms with E-state index in [2.05, 4.69) is 5.32 Å². The number of aliphatic hydroxyl groups is 5. The van der Waals surface area contributed by atoms with Crippen LogP contribution in [0.2, 0.25) is 0 Å². The van der Waals surface area contributed by atoms with Gasteiger partial charge in [-0.05, 0) is 26.3 Å². The van der Waals surface area contributed by atoms with Crippen LogP contribution in [-0.2, 0) is 30.6 Å². The molecule has 0 saturated heterocycles. The first kappa shape index (κ1) is 29.4. The molecule has 0 spiro atoms. The highest BCUT2D eigenvalue weighted by Crippen LogP contribution is 2.16. The number of amides is 2. The second-order valence-corrected chi connectivity index (χ2v) is 8.58. The van der Waals surface area contributed by atoms with E-state index in [0.717, 1.165) is 0 Å². The third kappa shape index (κ3) is 10.1. The summed E-state index contributed by atoms with van der Waals surface area (Å²) in [6, 6.07) is 7.30. The van der Waals surface area contributed by atoms with Crippen LogP contribution in [0.5, 0.6) is 0 Å². The van der Waals surface area contributed by atoms with E-state index in [-0.39, 0.29) is 13.0 Å². The van der Waals surface area contributed by atoms with Gasteiger partial charge in [0.05, 0.1) is 24.7 Å². The van der Waals surface area contributed by atoms with Crippen molar-refractivity contribution >= 4 is 18.3 Å². The average molecular weight is 487 g/mol. The fourth-order valence-corrected chi connectivity index (χ4v) is 2.73. The predicted octanol–water partition coefficient (Wildman–Crippen LogP) is -1.77. The second-order valence-electron chi connectivity index (χ2n) is 8.58. The summed E-state index contributed by atoms with van der Waals surface area (Å²) in [5, 5.41) is 50.5. The first-order valence-electron chi connectivity index (χ1n) is 10.6. The topological polar surface area (TPSA) is 186 Å². The van der Waals surface area contributed by atoms with Gasteiger partial charge in [0, 0.05) is 6.54 Å². The number of ether oxygens (including phenoxy) is 1. The highest BCUT2D eigenvalue weighted by Gasteiger charge is 2.34. The summed E-state index contributed by atoms with van der Waals surface area (Å²) in [5.41, 5.74) is -0.187. The maximum atomic E-state index is 12.7. The zero-order chi connectivity index (χ0) is 25.9. The summed E-state index contributed by atoms with van der Waals surface area (Å²) in [7, 11) is 0. The van der Waals surface area contributed by atoms with Crippen LogP contribution in [0.15, 0.2) is 30.3 Å². The molecule has 0 heterocycles. The van der Waals surface area contributed by atoms with E-state index in [1.165, 1.54) is 0 Å². The van der Waals surface area contributed by atoms with Crippen LogP contribution in [-0.4, -0.2) is 98.1 Å². The lowest BCUT2D eigenvalue weighted by Gasteiger charge is -2.31. The molecular formula is C22H34N2O10. The number of carbonyl (C=O) groups is 3. The molecular weight excluding hydrogens is 452 g/mol. The first-order chi connectivity index (χ1) is 15.9. The molecule has 12 nitrogen and oxygen atoms in total. The lowest BCUT2D eigenvalue weighted by atomic mass is 10.0. The van der Waals surface area contributed by atoms with Crippen LogP contribution < -0.4 is 5.32 Å². The summed E-state index contributed by atoms with van der Waals surface area (Å²) in [6.07, 6.45) is -7.46. The number of aliphatic hydroxyl groups excluding tert-OH is 5. The number of hydrogen-bond donors (Lipinski definition) is 6. The van der Waals surface area contributed by atoms with Crippen molar-refractivity contribution in [2.75, 3.05) is 13.2 Å². The Morgan fingerprint density at radius 2 is 1.65 bits per heavy atom. The van der Waals surface area contributed by atoms with Crippen LogP contribution in [0.1, 0.15) is 32.8 Å². The molecule has 34 heavy (non-hydrogen) atoms. The minimum atomic E-state index is -1.87. The second kappa shape index (κ2) is 13.9. The van der Waals surface area contributed by atoms with Gasteiger partial charge in [0.25, 0.3) is 0 Å². The summed E-state index contributed by atoms with van der Waals surface area (Å²) in [5.74, 6) is -1.70. The molecule has 0 aliphatic carbocycles. The first-order valence-corrected chi connectivity index (χ1v) is 10.6. The van der Waals surface area contributed by atoms with Crippen LogP contribution in [0.4, 0.5) is 0 Å². The Morgan fingerprint density at radius 1 is 1.06 bits per heavy atom. The number of carbonyl (C=O) groups excluding carboxylic acids is 3. The summed E-state index contributed by atoms with van der Waals surface area (Å²) < 4.78 is 5.25. The number of hydroxylamine groups is 2. The predicted molar refractivity (Wildman–Crippen MR) is 118 cm³/mol. The monoisotopic (exact) mass is 486 g/mol. The Morgan fingerprint density at radius 3 is 2.18 bits per heavy atom. The molecule has 6 N–H and O–H groups in total. The molecule has 1 rings (SSSR count). The van der Waals surface area contributed by atoms with Crippen molar-refractivity contribution in [1.82, 2.24) is 10.4 Å². The van der Waals surface area contributed by atoms with Gasteiger partial charge in [-0.25, -0.2) is 9.86 Å². The van der Waals surface area contributed by atoms with Gasteiger partial charge in [0.2, 0.25) is 12.3 Å². The fourth-order valence-electron chi connectivity index (χ4n) is 2.73. The molecule has 0 fully saturated rings. The van der Waals surface area contributed by atoms with Crippen molar-refractivity contribution in [3.05, 3.63) is 35.9 Å². The molecule has 1 aromatic carbocycles. The average Bonchev–Trinajstić information content (AvgIpc) is 2.81. The van der Waals surface area contributed by atoms with Crippen molar-refractivity contribution in [1.29, 1.82) is 0 Å². The van der Waals surface area contributed by atoms with Gasteiger partial charge in [-0.1, -0.05) is 30.3 Å². The molecule has 5 unspecified atom stereocenters. The van der Waals surface area contributed by atoms with E-state index in [1.807, 2.05) is 0 Å². The number of hydrogen-bond acceptors (Lipinski definition) is 10. The van der Waals surface area contributed by atoms with Gasteiger partial charge in [-0.2, -0.15) is 0 Å². The summed E-state index contributed by atoms with van der Waals surface area (Å²) in [6.45, 7) is 3.41. The zero-order valence-corrected chi connectivity index (χ0v) is 19.4. The molecule has 1 aromatic rings. The molecule has 0 aliphatic heterocycles. The standard InChI is InChI=1S/C22H34N2O10/c1-22(2,3)34-24(13-26)15(21(32)33-12-14-7-5-4-6-8-14)9-18(29)23-10-16(27)19(30)20(31)17(28)11-25/h4-8,13,15-17,19-20,25,27-28,30-31H,9-12H2,1-3H3,(H,23,29). The van der Waals surface area contributed by atoms with Gasteiger partial charge >= 0.3 is 5.97 Å². The van der Waals surface area contributed by atoms with Gasteiger partial charge in [0.1, 0.15) is 24.9 Å². The lowest BCUT2D eigenvalue weighted by Crippen LogP contribution is -2.51. The highest BCUT2D eigenvalue weighted by atomic mass is 16.7. The Balaban J connectivity index is 2.83. The van der Waals surface area contributed by atoms with E-state index < -0.39 is 67.5 Å². The quantitative estimate of drug-likeness (QED) is 0.0998. The molecule has 2 amide bonds. The number of rotatable bonds is 14. The molecule has 0 radical (unpaired) electrons. The van der Waals surface area contributed by atoms with Gasteiger partial charge in [0.15, 0.2) is 6.04 Å². The Bertz CT molecular complexity index is 771. The van der Waals surface area contributed by atoms with E-state index in [4.69, 9.17) is 14.7 Å². The van der Waals surface area contributed by atoms with E-state index in [0.29, 0.717) is 10.6 Å². The van der Waals surface area contributed by atoms with Crippen LogP contribution in [0.25, 0.3) is 0 Å². The zero-order valence-electron chi connectivity index (χ0n) is 19.4. The third-order valence-electron chi connectivity index (χ3n) is 4.50. The maximum Gasteiger partial charge on any atom is 0.332 e.